The number of nitrogens with zero attached hydrogens (tertiary/aromatic N) is 1. The molecule has 0 saturated heterocycles. The van der Waals surface area contributed by atoms with Crippen LogP contribution in [-0.4, -0.2) is 24.2 Å². The monoisotopic (exact) mass is 239 g/mol. The molecular formula is C11H17N3O3. The number of rotatable bonds is 6. The summed E-state index contributed by atoms with van der Waals surface area (Å²) < 4.78 is 5.34. The first-order chi connectivity index (χ1) is 7.99. The molecule has 0 atom stereocenters. The van der Waals surface area contributed by atoms with Gasteiger partial charge in [-0.15, -0.1) is 0 Å². The second-order valence-electron chi connectivity index (χ2n) is 3.92. The number of nitrogens with two attached hydrogens (primary N) is 1. The number of nitro benzene ring substituents is 1. The van der Waals surface area contributed by atoms with Gasteiger partial charge in [0.25, 0.3) is 5.69 Å². The van der Waals surface area contributed by atoms with Crippen LogP contribution in [0.5, 0.6) is 0 Å². The quantitative estimate of drug-likeness (QED) is 0.343. The van der Waals surface area contributed by atoms with E-state index in [1.807, 2.05) is 13.8 Å². The predicted octanol–water partition coefficient (Wildman–Crippen LogP) is 2.01. The summed E-state index contributed by atoms with van der Waals surface area (Å²) in [6.45, 7) is 5.02. The smallest absolute Gasteiger partial charge is 0.273 e. The lowest BCUT2D eigenvalue weighted by molar-refractivity contribution is -0.384. The number of ether oxygens (including phenoxy) is 1. The molecule has 17 heavy (non-hydrogen) atoms. The van der Waals surface area contributed by atoms with Crippen molar-refractivity contribution in [2.24, 2.45) is 0 Å². The number of non-ortho nitro benzene ring substituents is 1. The molecule has 0 fully saturated rings. The van der Waals surface area contributed by atoms with Crippen molar-refractivity contribution in [3.8, 4) is 0 Å². The maximum absolute atomic E-state index is 10.6. The van der Waals surface area contributed by atoms with Gasteiger partial charge in [-0.05, 0) is 19.9 Å². The highest BCUT2D eigenvalue weighted by Crippen LogP contribution is 2.21. The van der Waals surface area contributed by atoms with Gasteiger partial charge in [0.2, 0.25) is 0 Å². The number of hydrogen-bond acceptors (Lipinski definition) is 5. The maximum atomic E-state index is 10.6. The summed E-state index contributed by atoms with van der Waals surface area (Å²) in [6, 6.07) is 4.43. The fraction of sp³-hybridized carbons (Fsp3) is 0.455. The first kappa shape index (κ1) is 13.2. The van der Waals surface area contributed by atoms with E-state index < -0.39 is 4.92 Å². The van der Waals surface area contributed by atoms with Gasteiger partial charge in [-0.25, -0.2) is 0 Å². The standard InChI is InChI=1S/C11H17N3O3/c1-8(2)17-4-3-13-10-5-9(12)6-11(7-10)14(15)16/h5-8,13H,3-4,12H2,1-2H3. The van der Waals surface area contributed by atoms with Gasteiger partial charge in [0.1, 0.15) is 0 Å². The Hall–Kier alpha value is -1.82. The molecule has 3 N–H and O–H groups in total. The topological polar surface area (TPSA) is 90.4 Å². The molecule has 0 heterocycles. The third-order valence-electron chi connectivity index (χ3n) is 2.03. The Morgan fingerprint density at radius 1 is 1.47 bits per heavy atom. The van der Waals surface area contributed by atoms with Gasteiger partial charge in [0.05, 0.1) is 17.6 Å². The van der Waals surface area contributed by atoms with Crippen molar-refractivity contribution >= 4 is 17.1 Å². The Bertz CT molecular complexity index is 394. The van der Waals surface area contributed by atoms with E-state index >= 15 is 0 Å². The Morgan fingerprint density at radius 3 is 2.76 bits per heavy atom. The van der Waals surface area contributed by atoms with Gasteiger partial charge in [-0.1, -0.05) is 0 Å². The van der Waals surface area contributed by atoms with Crippen LogP contribution in [0.15, 0.2) is 18.2 Å². The van der Waals surface area contributed by atoms with E-state index in [2.05, 4.69) is 5.32 Å². The summed E-state index contributed by atoms with van der Waals surface area (Å²) in [6.07, 6.45) is 0.173. The highest BCUT2D eigenvalue weighted by atomic mass is 16.6. The molecule has 0 unspecified atom stereocenters. The van der Waals surface area contributed by atoms with E-state index in [4.69, 9.17) is 10.5 Å². The number of anilines is 2. The van der Waals surface area contributed by atoms with Gasteiger partial charge < -0.3 is 15.8 Å². The molecule has 1 aromatic rings. The minimum atomic E-state index is -0.466. The zero-order chi connectivity index (χ0) is 12.8. The number of hydrogen-bond donors (Lipinski definition) is 2. The molecule has 1 rings (SSSR count). The Kier molecular flexibility index (Phi) is 4.71. The third kappa shape index (κ3) is 4.69. The Morgan fingerprint density at radius 2 is 2.18 bits per heavy atom. The highest BCUT2D eigenvalue weighted by Gasteiger charge is 2.07. The van der Waals surface area contributed by atoms with Crippen molar-refractivity contribution in [1.29, 1.82) is 0 Å². The molecule has 0 aliphatic rings. The second-order valence-corrected chi connectivity index (χ2v) is 3.92. The van der Waals surface area contributed by atoms with Crippen LogP contribution in [0.25, 0.3) is 0 Å². The van der Waals surface area contributed by atoms with Gasteiger partial charge in [-0.3, -0.25) is 10.1 Å². The first-order valence-corrected chi connectivity index (χ1v) is 5.39. The summed E-state index contributed by atoms with van der Waals surface area (Å²) in [5, 5.41) is 13.6. The lowest BCUT2D eigenvalue weighted by Gasteiger charge is -2.09. The van der Waals surface area contributed by atoms with Gasteiger partial charge in [0, 0.05) is 30.1 Å². The normalized spacial score (nSPS) is 10.5. The lowest BCUT2D eigenvalue weighted by Crippen LogP contribution is -2.13. The first-order valence-electron chi connectivity index (χ1n) is 5.39. The minimum absolute atomic E-state index is 0.0164. The van der Waals surface area contributed by atoms with Crippen LogP contribution in [0.2, 0.25) is 0 Å². The van der Waals surface area contributed by atoms with Crippen molar-refractivity contribution in [2.45, 2.75) is 20.0 Å². The lowest BCUT2D eigenvalue weighted by atomic mass is 10.2. The summed E-state index contributed by atoms with van der Waals surface area (Å²) in [5.74, 6) is 0. The van der Waals surface area contributed by atoms with E-state index in [1.54, 1.807) is 6.07 Å². The zero-order valence-corrected chi connectivity index (χ0v) is 9.97. The van der Waals surface area contributed by atoms with Crippen LogP contribution in [-0.2, 0) is 4.74 Å². The highest BCUT2D eigenvalue weighted by molar-refractivity contribution is 5.61. The van der Waals surface area contributed by atoms with Crippen molar-refractivity contribution in [3.05, 3.63) is 28.3 Å². The van der Waals surface area contributed by atoms with Gasteiger partial charge in [-0.2, -0.15) is 0 Å². The molecule has 0 aliphatic heterocycles. The molecule has 0 spiro atoms. The molecule has 0 radical (unpaired) electrons. The molecule has 0 bridgehead atoms. The largest absolute Gasteiger partial charge is 0.398 e. The number of benzene rings is 1. The van der Waals surface area contributed by atoms with Crippen molar-refractivity contribution in [1.82, 2.24) is 0 Å². The SMILES string of the molecule is CC(C)OCCNc1cc(N)cc([N+](=O)[O-])c1. The van der Waals surface area contributed by atoms with Gasteiger partial charge in [0.15, 0.2) is 0 Å². The summed E-state index contributed by atoms with van der Waals surface area (Å²) in [4.78, 5) is 10.2. The van der Waals surface area contributed by atoms with E-state index in [0.29, 0.717) is 24.5 Å². The van der Waals surface area contributed by atoms with Crippen LogP contribution in [0.4, 0.5) is 17.1 Å². The van der Waals surface area contributed by atoms with E-state index in [9.17, 15) is 10.1 Å². The summed E-state index contributed by atoms with van der Waals surface area (Å²) in [7, 11) is 0. The van der Waals surface area contributed by atoms with Crippen LogP contribution < -0.4 is 11.1 Å². The number of nitrogen functional groups attached to an aromatic ring is 1. The second kappa shape index (κ2) is 6.05. The molecule has 1 aromatic carbocycles. The number of nitro groups is 1. The van der Waals surface area contributed by atoms with Crippen molar-refractivity contribution < 1.29 is 9.66 Å². The van der Waals surface area contributed by atoms with Crippen LogP contribution in [0, 0.1) is 10.1 Å². The summed E-state index contributed by atoms with van der Waals surface area (Å²) >= 11 is 0. The average molecular weight is 239 g/mol. The fourth-order valence-corrected chi connectivity index (χ4v) is 1.33. The summed E-state index contributed by atoms with van der Waals surface area (Å²) in [5.41, 5.74) is 6.55. The fourth-order valence-electron chi connectivity index (χ4n) is 1.33. The maximum Gasteiger partial charge on any atom is 0.273 e. The Balaban J connectivity index is 2.56. The molecular weight excluding hydrogens is 222 g/mol. The van der Waals surface area contributed by atoms with E-state index in [0.717, 1.165) is 0 Å². The molecule has 6 nitrogen and oxygen atoms in total. The minimum Gasteiger partial charge on any atom is -0.398 e. The van der Waals surface area contributed by atoms with Gasteiger partial charge >= 0.3 is 0 Å². The number of nitrogens with one attached hydrogen (secondary N) is 1. The molecule has 0 aromatic heterocycles. The molecule has 94 valence electrons. The van der Waals surface area contributed by atoms with E-state index in [-0.39, 0.29) is 11.8 Å². The zero-order valence-electron chi connectivity index (χ0n) is 9.97. The Labute approximate surface area is 99.9 Å². The van der Waals surface area contributed by atoms with Crippen LogP contribution in [0.1, 0.15) is 13.8 Å². The van der Waals surface area contributed by atoms with Crippen molar-refractivity contribution in [2.75, 3.05) is 24.2 Å². The molecule has 0 amide bonds. The van der Waals surface area contributed by atoms with Crippen molar-refractivity contribution in [3.63, 3.8) is 0 Å². The van der Waals surface area contributed by atoms with Crippen LogP contribution in [0.3, 0.4) is 0 Å². The van der Waals surface area contributed by atoms with E-state index in [1.165, 1.54) is 12.1 Å². The average Bonchev–Trinajstić information content (AvgIpc) is 2.23. The van der Waals surface area contributed by atoms with Crippen LogP contribution >= 0.6 is 0 Å². The molecule has 0 saturated carbocycles. The molecule has 0 aliphatic carbocycles. The third-order valence-corrected chi connectivity index (χ3v) is 2.03. The molecule has 6 heteroatoms. The predicted molar refractivity (Wildman–Crippen MR) is 67.1 cm³/mol.